The normalized spacial score (nSPS) is 26.0. The lowest BCUT2D eigenvalue weighted by atomic mass is 9.98. The van der Waals surface area contributed by atoms with Crippen molar-refractivity contribution in [3.8, 4) is 5.75 Å². The number of carbonyl (C=O) groups excluding carboxylic acids is 1. The summed E-state index contributed by atoms with van der Waals surface area (Å²) < 4.78 is 51.5. The van der Waals surface area contributed by atoms with Crippen LogP contribution in [0.2, 0.25) is 0 Å². The minimum atomic E-state index is -4.32. The lowest BCUT2D eigenvalue weighted by molar-refractivity contribution is -0.149. The second kappa shape index (κ2) is 11.6. The maximum absolute atomic E-state index is 15.5. The quantitative estimate of drug-likeness (QED) is 0.270. The minimum absolute atomic E-state index is 0.0621. The van der Waals surface area contributed by atoms with Crippen molar-refractivity contribution in [2.75, 3.05) is 6.61 Å². The van der Waals surface area contributed by atoms with E-state index in [1.54, 1.807) is 32.0 Å². The number of halogens is 2. The average molecular weight is 608 g/mol. The predicted octanol–water partition coefficient (Wildman–Crippen LogP) is 2.42. The third kappa shape index (κ3) is 6.95. The van der Waals surface area contributed by atoms with E-state index in [-0.39, 0.29) is 10.2 Å². The van der Waals surface area contributed by atoms with Crippen LogP contribution in [0.25, 0.3) is 0 Å². The Labute approximate surface area is 219 Å². The Balaban J connectivity index is 1.82. The van der Waals surface area contributed by atoms with Gasteiger partial charge in [0.05, 0.1) is 17.2 Å². The van der Waals surface area contributed by atoms with E-state index in [9.17, 15) is 24.1 Å². The summed E-state index contributed by atoms with van der Waals surface area (Å²) >= 11 is 2.96. The number of para-hydroxylation sites is 1. The van der Waals surface area contributed by atoms with Gasteiger partial charge in [0.1, 0.15) is 24.0 Å². The van der Waals surface area contributed by atoms with Crippen molar-refractivity contribution in [1.29, 1.82) is 0 Å². The SMILES string of the molecule is CC(C)OC(=O)[C@@H](C)NP(=O)(OC[C@H]1O[C@@H](n2cc(Br)c(=O)[nH]c2=O)[C@](C)(F)[C@@H]1O)Oc1ccccc1. The van der Waals surface area contributed by atoms with E-state index in [0.29, 0.717) is 0 Å². The molecule has 2 aromatic rings. The van der Waals surface area contributed by atoms with Crippen LogP contribution in [-0.2, 0) is 23.4 Å². The van der Waals surface area contributed by atoms with Gasteiger partial charge in [-0.25, -0.2) is 13.8 Å². The molecule has 3 rings (SSSR count). The van der Waals surface area contributed by atoms with Crippen LogP contribution in [0.15, 0.2) is 50.6 Å². The highest BCUT2D eigenvalue weighted by molar-refractivity contribution is 9.10. The van der Waals surface area contributed by atoms with Crippen LogP contribution >= 0.6 is 23.7 Å². The molecule has 12 nitrogen and oxygen atoms in total. The second-order valence-corrected chi connectivity index (χ2v) is 11.3. The Morgan fingerprint density at radius 3 is 2.59 bits per heavy atom. The van der Waals surface area contributed by atoms with Crippen LogP contribution in [0.5, 0.6) is 5.75 Å². The Morgan fingerprint density at radius 2 is 1.97 bits per heavy atom. The van der Waals surface area contributed by atoms with Crippen LogP contribution in [0.3, 0.4) is 0 Å². The summed E-state index contributed by atoms with van der Waals surface area (Å²) in [6.07, 6.45) is -4.29. The summed E-state index contributed by atoms with van der Waals surface area (Å²) in [6, 6.07) is 6.84. The molecule has 0 radical (unpaired) electrons. The number of carbonyl (C=O) groups is 1. The first-order valence-electron chi connectivity index (χ1n) is 11.2. The van der Waals surface area contributed by atoms with Gasteiger partial charge in [-0.05, 0) is 55.8 Å². The standard InChI is InChI=1S/C22H28BrFN3O9P/c1-12(2)34-19(30)13(3)26-37(32,36-14-8-6-5-7-9-14)33-11-16-17(28)22(4,24)20(35-16)27-10-15(23)18(29)25-21(27)31/h5-10,12-13,16-17,20,28H,11H2,1-4H3,(H,26,32)(H,25,29,31)/t13-,16-,17-,20-,22-,37?/m1/s1. The second-order valence-electron chi connectivity index (χ2n) is 8.80. The Hall–Kier alpha value is -2.35. The number of esters is 1. The number of rotatable bonds is 10. The van der Waals surface area contributed by atoms with Crippen molar-refractivity contribution in [3.63, 3.8) is 0 Å². The van der Waals surface area contributed by atoms with Crippen molar-refractivity contribution < 1.29 is 37.4 Å². The van der Waals surface area contributed by atoms with Gasteiger partial charge in [0.25, 0.3) is 5.56 Å². The van der Waals surface area contributed by atoms with E-state index < -0.39 is 67.8 Å². The Morgan fingerprint density at radius 1 is 1.32 bits per heavy atom. The number of aliphatic hydroxyl groups is 1. The molecule has 1 unspecified atom stereocenters. The highest BCUT2D eigenvalue weighted by Crippen LogP contribution is 2.47. The molecule has 1 fully saturated rings. The highest BCUT2D eigenvalue weighted by atomic mass is 79.9. The molecular weight excluding hydrogens is 580 g/mol. The van der Waals surface area contributed by atoms with E-state index in [4.69, 9.17) is 18.5 Å². The molecule has 0 amide bonds. The topological polar surface area (TPSA) is 158 Å². The minimum Gasteiger partial charge on any atom is -0.462 e. The summed E-state index contributed by atoms with van der Waals surface area (Å²) in [7, 11) is -4.32. The molecule has 0 bridgehead atoms. The number of benzene rings is 1. The van der Waals surface area contributed by atoms with E-state index in [0.717, 1.165) is 17.7 Å². The van der Waals surface area contributed by atoms with Gasteiger partial charge in [-0.2, -0.15) is 5.09 Å². The first-order valence-corrected chi connectivity index (χ1v) is 13.6. The Kier molecular flexibility index (Phi) is 9.14. The fraction of sp³-hybridized carbons (Fsp3) is 0.500. The molecule has 0 aliphatic carbocycles. The number of hydrogen-bond donors (Lipinski definition) is 3. The van der Waals surface area contributed by atoms with Gasteiger partial charge in [-0.15, -0.1) is 0 Å². The highest BCUT2D eigenvalue weighted by Gasteiger charge is 2.56. The lowest BCUT2D eigenvalue weighted by Crippen LogP contribution is -2.44. The summed E-state index contributed by atoms with van der Waals surface area (Å²) in [4.78, 5) is 38.2. The van der Waals surface area contributed by atoms with Crippen molar-refractivity contribution >= 4 is 29.6 Å². The third-order valence-corrected chi connectivity index (χ3v) is 7.54. The molecule has 1 aromatic heterocycles. The van der Waals surface area contributed by atoms with E-state index in [1.807, 2.05) is 4.98 Å². The van der Waals surface area contributed by atoms with Crippen molar-refractivity contribution in [2.24, 2.45) is 0 Å². The first kappa shape index (κ1) is 29.2. The molecule has 1 aliphatic heterocycles. The fourth-order valence-electron chi connectivity index (χ4n) is 3.49. The molecule has 1 aliphatic rings. The number of nitrogens with zero attached hydrogens (tertiary/aromatic N) is 1. The average Bonchev–Trinajstić information content (AvgIpc) is 3.03. The number of aromatic amines is 1. The van der Waals surface area contributed by atoms with Crippen molar-refractivity contribution in [3.05, 3.63) is 61.8 Å². The molecule has 204 valence electrons. The molecule has 37 heavy (non-hydrogen) atoms. The molecular formula is C22H28BrFN3O9P. The number of hydrogen-bond acceptors (Lipinski definition) is 9. The zero-order valence-corrected chi connectivity index (χ0v) is 22.9. The number of H-pyrrole nitrogens is 1. The van der Waals surface area contributed by atoms with E-state index >= 15 is 4.39 Å². The molecule has 0 spiro atoms. The van der Waals surface area contributed by atoms with Crippen LogP contribution < -0.4 is 20.9 Å². The van der Waals surface area contributed by atoms with Crippen LogP contribution in [0, 0.1) is 0 Å². The zero-order valence-electron chi connectivity index (χ0n) is 20.4. The van der Waals surface area contributed by atoms with Gasteiger partial charge in [-0.1, -0.05) is 18.2 Å². The van der Waals surface area contributed by atoms with Gasteiger partial charge >= 0.3 is 19.4 Å². The third-order valence-electron chi connectivity index (χ3n) is 5.33. The van der Waals surface area contributed by atoms with Gasteiger partial charge < -0.3 is 19.1 Å². The largest absolute Gasteiger partial charge is 0.462 e. The van der Waals surface area contributed by atoms with Crippen LogP contribution in [0.4, 0.5) is 4.39 Å². The lowest BCUT2D eigenvalue weighted by Gasteiger charge is -2.25. The van der Waals surface area contributed by atoms with Crippen LogP contribution in [-0.4, -0.2) is 57.3 Å². The molecule has 1 saturated heterocycles. The maximum atomic E-state index is 15.5. The summed E-state index contributed by atoms with van der Waals surface area (Å²) in [5.74, 6) is -0.569. The summed E-state index contributed by atoms with van der Waals surface area (Å²) in [5.41, 5.74) is -4.20. The maximum Gasteiger partial charge on any atom is 0.459 e. The molecule has 1 aromatic carbocycles. The van der Waals surface area contributed by atoms with Gasteiger partial charge in [-0.3, -0.25) is 23.7 Å². The van der Waals surface area contributed by atoms with E-state index in [2.05, 4.69) is 21.0 Å². The summed E-state index contributed by atoms with van der Waals surface area (Å²) in [6.45, 7) is 5.05. The van der Waals surface area contributed by atoms with Crippen molar-refractivity contribution in [1.82, 2.24) is 14.6 Å². The number of alkyl halides is 1. The van der Waals surface area contributed by atoms with E-state index in [1.165, 1.54) is 19.1 Å². The number of aliphatic hydroxyl groups excluding tert-OH is 1. The fourth-order valence-corrected chi connectivity index (χ4v) is 5.31. The van der Waals surface area contributed by atoms with Crippen LogP contribution in [0.1, 0.15) is 33.9 Å². The molecule has 2 heterocycles. The number of aromatic nitrogens is 2. The van der Waals surface area contributed by atoms with Crippen molar-refractivity contribution in [2.45, 2.75) is 63.9 Å². The number of nitrogens with one attached hydrogen (secondary N) is 2. The van der Waals surface area contributed by atoms with Gasteiger partial charge in [0.15, 0.2) is 11.9 Å². The monoisotopic (exact) mass is 607 g/mol. The molecule has 3 N–H and O–H groups in total. The van der Waals surface area contributed by atoms with Gasteiger partial charge in [0, 0.05) is 6.20 Å². The first-order chi connectivity index (χ1) is 17.2. The number of ether oxygens (including phenoxy) is 2. The predicted molar refractivity (Wildman–Crippen MR) is 133 cm³/mol. The summed E-state index contributed by atoms with van der Waals surface area (Å²) in [5, 5.41) is 13.1. The molecule has 0 saturated carbocycles. The molecule has 6 atom stereocenters. The molecule has 15 heteroatoms. The Bertz CT molecular complexity index is 1270. The zero-order chi connectivity index (χ0) is 27.5. The smallest absolute Gasteiger partial charge is 0.459 e. The van der Waals surface area contributed by atoms with Gasteiger partial charge in [0.2, 0.25) is 0 Å².